The van der Waals surface area contributed by atoms with Crippen molar-refractivity contribution in [3.05, 3.63) is 22.7 Å². The average Bonchev–Trinajstić information content (AvgIpc) is 2.95. The van der Waals surface area contributed by atoms with Gasteiger partial charge in [0.1, 0.15) is 0 Å². The van der Waals surface area contributed by atoms with Gasteiger partial charge >= 0.3 is 0 Å². The zero-order valence-electron chi connectivity index (χ0n) is 11.5. The number of sulfonamides is 1. The van der Waals surface area contributed by atoms with Crippen LogP contribution in [-0.2, 0) is 10.0 Å². The van der Waals surface area contributed by atoms with Gasteiger partial charge in [0.2, 0.25) is 10.0 Å². The van der Waals surface area contributed by atoms with Crippen LogP contribution >= 0.6 is 11.6 Å². The summed E-state index contributed by atoms with van der Waals surface area (Å²) >= 11 is 6.00. The topological polar surface area (TPSA) is 63.4 Å². The molecule has 20 heavy (non-hydrogen) atoms. The van der Waals surface area contributed by atoms with Crippen molar-refractivity contribution in [1.82, 2.24) is 4.31 Å². The second kappa shape index (κ2) is 4.90. The summed E-state index contributed by atoms with van der Waals surface area (Å²) in [6.45, 7) is 3.07. The van der Waals surface area contributed by atoms with Crippen LogP contribution < -0.4 is 5.73 Å². The number of benzene rings is 1. The van der Waals surface area contributed by atoms with E-state index in [4.69, 9.17) is 17.3 Å². The number of halogens is 1. The second-order valence-electron chi connectivity index (χ2n) is 5.92. The minimum atomic E-state index is -3.45. The molecule has 0 spiro atoms. The van der Waals surface area contributed by atoms with Gasteiger partial charge < -0.3 is 5.73 Å². The first-order valence-electron chi connectivity index (χ1n) is 6.95. The van der Waals surface area contributed by atoms with Crippen molar-refractivity contribution in [3.63, 3.8) is 0 Å². The molecule has 110 valence electrons. The largest absolute Gasteiger partial charge is 0.397 e. The first-order valence-corrected chi connectivity index (χ1v) is 8.77. The third-order valence-corrected chi connectivity index (χ3v) is 6.91. The maximum Gasteiger partial charge on any atom is 0.243 e. The molecule has 2 aliphatic rings. The normalized spacial score (nSPS) is 26.9. The Morgan fingerprint density at radius 2 is 1.85 bits per heavy atom. The number of hydrogen-bond acceptors (Lipinski definition) is 3. The quantitative estimate of drug-likeness (QED) is 0.854. The Balaban J connectivity index is 1.93. The number of aryl methyl sites for hydroxylation is 1. The highest BCUT2D eigenvalue weighted by Gasteiger charge is 2.41. The SMILES string of the molecule is Cc1cc(S(=O)(=O)N2CC3CCCC3C2)cc(N)c1Cl. The predicted molar refractivity (Wildman–Crippen MR) is 80.2 cm³/mol. The molecule has 0 radical (unpaired) electrons. The summed E-state index contributed by atoms with van der Waals surface area (Å²) in [4.78, 5) is 0.261. The predicted octanol–water partition coefficient (Wildman–Crippen LogP) is 2.65. The number of nitrogen functional groups attached to an aromatic ring is 1. The van der Waals surface area contributed by atoms with Crippen molar-refractivity contribution in [2.75, 3.05) is 18.8 Å². The molecule has 2 unspecified atom stereocenters. The van der Waals surface area contributed by atoms with Crippen molar-refractivity contribution in [2.45, 2.75) is 31.1 Å². The maximum absolute atomic E-state index is 12.7. The molecule has 2 atom stereocenters. The van der Waals surface area contributed by atoms with Crippen LogP contribution in [0.3, 0.4) is 0 Å². The number of anilines is 1. The van der Waals surface area contributed by atoms with Gasteiger partial charge in [-0.3, -0.25) is 0 Å². The van der Waals surface area contributed by atoms with Crippen molar-refractivity contribution in [3.8, 4) is 0 Å². The second-order valence-corrected chi connectivity index (χ2v) is 8.23. The Kier molecular flexibility index (Phi) is 3.47. The number of fused-ring (bicyclic) bond motifs is 1. The molecule has 2 fully saturated rings. The van der Waals surface area contributed by atoms with Crippen LogP contribution in [-0.4, -0.2) is 25.8 Å². The lowest BCUT2D eigenvalue weighted by molar-refractivity contribution is 0.445. The lowest BCUT2D eigenvalue weighted by Crippen LogP contribution is -2.29. The van der Waals surface area contributed by atoms with E-state index in [1.165, 1.54) is 12.5 Å². The molecule has 1 aromatic carbocycles. The van der Waals surface area contributed by atoms with E-state index in [1.807, 2.05) is 0 Å². The van der Waals surface area contributed by atoms with Crippen LogP contribution in [0.2, 0.25) is 5.02 Å². The minimum absolute atomic E-state index is 0.261. The minimum Gasteiger partial charge on any atom is -0.397 e. The number of nitrogens with zero attached hydrogens (tertiary/aromatic N) is 1. The highest BCUT2D eigenvalue weighted by Crippen LogP contribution is 2.40. The summed E-state index contributed by atoms with van der Waals surface area (Å²) in [6, 6.07) is 3.08. The Bertz CT molecular complexity index is 610. The van der Waals surface area contributed by atoms with E-state index in [1.54, 1.807) is 17.3 Å². The molecule has 1 aliphatic carbocycles. The lowest BCUT2D eigenvalue weighted by Gasteiger charge is -2.18. The fourth-order valence-corrected chi connectivity index (χ4v) is 5.23. The molecule has 1 saturated heterocycles. The third-order valence-electron chi connectivity index (χ3n) is 4.59. The molecule has 2 N–H and O–H groups in total. The molecule has 0 aromatic heterocycles. The molecule has 3 rings (SSSR count). The highest BCUT2D eigenvalue weighted by atomic mass is 35.5. The van der Waals surface area contributed by atoms with Crippen molar-refractivity contribution in [1.29, 1.82) is 0 Å². The van der Waals surface area contributed by atoms with Gasteiger partial charge in [-0.15, -0.1) is 0 Å². The molecule has 0 amide bonds. The Hall–Kier alpha value is -0.780. The van der Waals surface area contributed by atoms with Gasteiger partial charge in [0.15, 0.2) is 0 Å². The van der Waals surface area contributed by atoms with Gasteiger partial charge in [0, 0.05) is 13.1 Å². The highest BCUT2D eigenvalue weighted by molar-refractivity contribution is 7.89. The lowest BCUT2D eigenvalue weighted by atomic mass is 10.0. The molecule has 4 nitrogen and oxygen atoms in total. The van der Waals surface area contributed by atoms with Crippen LogP contribution in [0, 0.1) is 18.8 Å². The molecular weight excluding hydrogens is 296 g/mol. The summed E-state index contributed by atoms with van der Waals surface area (Å²) in [5.41, 5.74) is 6.82. The van der Waals surface area contributed by atoms with Crippen LogP contribution in [0.25, 0.3) is 0 Å². The monoisotopic (exact) mass is 314 g/mol. The first kappa shape index (κ1) is 14.2. The van der Waals surface area contributed by atoms with E-state index in [0.717, 1.165) is 12.8 Å². The van der Waals surface area contributed by atoms with Gasteiger partial charge in [0.05, 0.1) is 15.6 Å². The molecular formula is C14H19ClN2O2S. The molecule has 1 aromatic rings. The van der Waals surface area contributed by atoms with Gasteiger partial charge in [-0.1, -0.05) is 18.0 Å². The van der Waals surface area contributed by atoms with Gasteiger partial charge in [-0.25, -0.2) is 8.42 Å². The molecule has 0 bridgehead atoms. The van der Waals surface area contributed by atoms with E-state index in [-0.39, 0.29) is 4.90 Å². The number of nitrogens with two attached hydrogens (primary N) is 1. The van der Waals surface area contributed by atoms with Crippen LogP contribution in [0.5, 0.6) is 0 Å². The Morgan fingerprint density at radius 3 is 2.40 bits per heavy atom. The smallest absolute Gasteiger partial charge is 0.243 e. The van der Waals surface area contributed by atoms with Crippen LogP contribution in [0.15, 0.2) is 17.0 Å². The molecule has 1 saturated carbocycles. The van der Waals surface area contributed by atoms with Gasteiger partial charge in [-0.05, 0) is 49.3 Å². The fraction of sp³-hybridized carbons (Fsp3) is 0.571. The number of hydrogen-bond donors (Lipinski definition) is 1. The average molecular weight is 315 g/mol. The van der Waals surface area contributed by atoms with E-state index >= 15 is 0 Å². The number of rotatable bonds is 2. The first-order chi connectivity index (χ1) is 9.39. The zero-order chi connectivity index (χ0) is 14.5. The van der Waals surface area contributed by atoms with Crippen LogP contribution in [0.1, 0.15) is 24.8 Å². The van der Waals surface area contributed by atoms with E-state index < -0.39 is 10.0 Å². The molecule has 1 heterocycles. The maximum atomic E-state index is 12.7. The molecule has 1 aliphatic heterocycles. The molecule has 6 heteroatoms. The van der Waals surface area contributed by atoms with E-state index in [2.05, 4.69) is 0 Å². The van der Waals surface area contributed by atoms with Gasteiger partial charge in [-0.2, -0.15) is 4.31 Å². The summed E-state index contributed by atoms with van der Waals surface area (Å²) in [5.74, 6) is 1.08. The third kappa shape index (κ3) is 2.22. The summed E-state index contributed by atoms with van der Waals surface area (Å²) in [5, 5.41) is 0.433. The standard InChI is InChI=1S/C14H19ClN2O2S/c1-9-5-12(6-13(16)14(9)15)20(18,19)17-7-10-3-2-4-11(10)8-17/h5-6,10-11H,2-4,7-8,16H2,1H3. The van der Waals surface area contributed by atoms with Crippen molar-refractivity contribution >= 4 is 27.3 Å². The van der Waals surface area contributed by atoms with Crippen molar-refractivity contribution in [2.24, 2.45) is 11.8 Å². The Labute approximate surface area is 125 Å². The van der Waals surface area contributed by atoms with Crippen molar-refractivity contribution < 1.29 is 8.42 Å². The van der Waals surface area contributed by atoms with Crippen LogP contribution in [0.4, 0.5) is 5.69 Å². The summed E-state index contributed by atoms with van der Waals surface area (Å²) in [6.07, 6.45) is 3.53. The Morgan fingerprint density at radius 1 is 1.25 bits per heavy atom. The summed E-state index contributed by atoms with van der Waals surface area (Å²) in [7, 11) is -3.45. The zero-order valence-corrected chi connectivity index (χ0v) is 13.0. The summed E-state index contributed by atoms with van der Waals surface area (Å²) < 4.78 is 27.0. The van der Waals surface area contributed by atoms with E-state index in [9.17, 15) is 8.42 Å². The fourth-order valence-electron chi connectivity index (χ4n) is 3.45. The van der Waals surface area contributed by atoms with E-state index in [0.29, 0.717) is 41.2 Å². The van der Waals surface area contributed by atoms with Gasteiger partial charge in [0.25, 0.3) is 0 Å².